The molecular formula is C21H26BrN5O3. The van der Waals surface area contributed by atoms with Crippen LogP contribution in [0.1, 0.15) is 61.1 Å². The minimum absolute atomic E-state index is 0.228. The quantitative estimate of drug-likeness (QED) is 0.735. The third-order valence-corrected chi connectivity index (χ3v) is 6.15. The van der Waals surface area contributed by atoms with Gasteiger partial charge in [-0.3, -0.25) is 14.5 Å². The number of rotatable bonds is 3. The van der Waals surface area contributed by atoms with E-state index in [2.05, 4.69) is 31.3 Å². The number of fused-ring (bicyclic) bond motifs is 1. The third kappa shape index (κ3) is 3.59. The molecule has 8 nitrogen and oxygen atoms in total. The molecule has 9 heteroatoms. The van der Waals surface area contributed by atoms with Gasteiger partial charge in [-0.05, 0) is 61.7 Å². The molecule has 2 amide bonds. The molecule has 1 fully saturated rings. The lowest BCUT2D eigenvalue weighted by molar-refractivity contribution is 0.0193. The molecule has 3 heterocycles. The number of halogens is 1. The number of amides is 2. The molecule has 1 N–H and O–H groups in total. The van der Waals surface area contributed by atoms with Crippen LogP contribution in [0.3, 0.4) is 0 Å². The first-order valence-electron chi connectivity index (χ1n) is 10.1. The Bertz CT molecular complexity index is 1010. The average molecular weight is 476 g/mol. The van der Waals surface area contributed by atoms with Crippen molar-refractivity contribution in [2.75, 3.05) is 13.6 Å². The van der Waals surface area contributed by atoms with Crippen LogP contribution in [0, 0.1) is 0 Å². The lowest BCUT2D eigenvalue weighted by Crippen LogP contribution is -2.42. The molecule has 4 rings (SSSR count). The van der Waals surface area contributed by atoms with Crippen LogP contribution >= 0.6 is 15.9 Å². The molecule has 1 aliphatic heterocycles. The molecule has 0 atom stereocenters. The summed E-state index contributed by atoms with van der Waals surface area (Å²) in [4.78, 5) is 31.7. The predicted octanol–water partition coefficient (Wildman–Crippen LogP) is 3.23. The van der Waals surface area contributed by atoms with E-state index >= 15 is 0 Å². The van der Waals surface area contributed by atoms with Crippen molar-refractivity contribution in [1.29, 1.82) is 0 Å². The van der Waals surface area contributed by atoms with Gasteiger partial charge in [-0.1, -0.05) is 0 Å². The smallest absolute Gasteiger partial charge is 0.410 e. The molecular weight excluding hydrogens is 450 g/mol. The van der Waals surface area contributed by atoms with Crippen LogP contribution in [0.2, 0.25) is 0 Å². The van der Waals surface area contributed by atoms with Crippen LogP contribution in [-0.2, 0) is 23.2 Å². The Labute approximate surface area is 184 Å². The lowest BCUT2D eigenvalue weighted by atomic mass is 9.88. The first-order valence-corrected chi connectivity index (χ1v) is 10.9. The van der Waals surface area contributed by atoms with Crippen LogP contribution < -0.4 is 5.32 Å². The number of hydrogen-bond acceptors (Lipinski definition) is 5. The van der Waals surface area contributed by atoms with Crippen molar-refractivity contribution in [1.82, 2.24) is 25.0 Å². The first-order chi connectivity index (χ1) is 14.2. The Balaban J connectivity index is 1.78. The van der Waals surface area contributed by atoms with Gasteiger partial charge in [0.15, 0.2) is 5.69 Å². The molecule has 0 aromatic carbocycles. The summed E-state index contributed by atoms with van der Waals surface area (Å²) in [7, 11) is 1.60. The molecule has 0 spiro atoms. The molecule has 160 valence electrons. The molecule has 2 aromatic rings. The summed E-state index contributed by atoms with van der Waals surface area (Å²) in [6.07, 6.45) is 3.16. The monoisotopic (exact) mass is 475 g/mol. The fraction of sp³-hybridized carbons (Fsp3) is 0.524. The Hall–Kier alpha value is -2.42. The number of aromatic nitrogens is 3. The zero-order valence-electron chi connectivity index (χ0n) is 17.7. The standard InChI is InChI=1S/C21H26BrN5O3/c1-20(2,3)30-19(29)26-10-11-27-14(12-26)15(16(25-27)18(28)23-4)21(7-8-21)17-13(22)6-5-9-24-17/h5-6,9H,7-8,10-12H2,1-4H3,(H,23,28). The van der Waals surface area contributed by atoms with E-state index in [1.165, 1.54) is 0 Å². The lowest BCUT2D eigenvalue weighted by Gasteiger charge is -2.31. The fourth-order valence-electron chi connectivity index (χ4n) is 4.05. The van der Waals surface area contributed by atoms with Gasteiger partial charge in [0.2, 0.25) is 0 Å². The minimum Gasteiger partial charge on any atom is -0.444 e. The maximum absolute atomic E-state index is 12.7. The highest BCUT2D eigenvalue weighted by Gasteiger charge is 2.53. The van der Waals surface area contributed by atoms with Gasteiger partial charge in [-0.25, -0.2) is 4.79 Å². The summed E-state index contributed by atoms with van der Waals surface area (Å²) < 4.78 is 8.34. The van der Waals surface area contributed by atoms with Crippen LogP contribution in [0.4, 0.5) is 4.79 Å². The maximum Gasteiger partial charge on any atom is 0.410 e. The van der Waals surface area contributed by atoms with Crippen LogP contribution in [0.25, 0.3) is 0 Å². The van der Waals surface area contributed by atoms with Gasteiger partial charge in [-0.15, -0.1) is 0 Å². The van der Waals surface area contributed by atoms with Gasteiger partial charge < -0.3 is 15.0 Å². The topological polar surface area (TPSA) is 89.4 Å². The summed E-state index contributed by atoms with van der Waals surface area (Å²) >= 11 is 3.63. The van der Waals surface area contributed by atoms with E-state index in [0.717, 1.165) is 34.3 Å². The molecule has 2 aromatic heterocycles. The average Bonchev–Trinajstić information content (AvgIpc) is 3.39. The summed E-state index contributed by atoms with van der Waals surface area (Å²) in [6, 6.07) is 3.84. The van der Waals surface area contributed by atoms with E-state index in [9.17, 15) is 9.59 Å². The summed E-state index contributed by atoms with van der Waals surface area (Å²) in [5, 5.41) is 7.34. The normalized spacial score (nSPS) is 17.3. The van der Waals surface area contributed by atoms with Crippen LogP contribution in [0.15, 0.2) is 22.8 Å². The van der Waals surface area contributed by atoms with Crippen molar-refractivity contribution in [2.45, 2.75) is 57.7 Å². The zero-order valence-corrected chi connectivity index (χ0v) is 19.2. The van der Waals surface area contributed by atoms with Crippen LogP contribution in [-0.4, -0.2) is 50.9 Å². The Kier molecular flexibility index (Phi) is 5.12. The van der Waals surface area contributed by atoms with Gasteiger partial charge in [0.25, 0.3) is 5.91 Å². The Morgan fingerprint density at radius 2 is 2.00 bits per heavy atom. The van der Waals surface area contributed by atoms with Crippen molar-refractivity contribution in [3.05, 3.63) is 45.4 Å². The van der Waals surface area contributed by atoms with E-state index < -0.39 is 5.60 Å². The highest BCUT2D eigenvalue weighted by molar-refractivity contribution is 9.10. The van der Waals surface area contributed by atoms with Crippen molar-refractivity contribution in [3.63, 3.8) is 0 Å². The van der Waals surface area contributed by atoms with Crippen LogP contribution in [0.5, 0.6) is 0 Å². The molecule has 1 aliphatic carbocycles. The number of carbonyl (C=O) groups excluding carboxylic acids is 2. The summed E-state index contributed by atoms with van der Waals surface area (Å²) in [5.74, 6) is -0.228. The number of ether oxygens (including phenoxy) is 1. The molecule has 2 aliphatic rings. The highest BCUT2D eigenvalue weighted by atomic mass is 79.9. The molecule has 0 radical (unpaired) electrons. The zero-order chi connectivity index (χ0) is 21.7. The minimum atomic E-state index is -0.568. The largest absolute Gasteiger partial charge is 0.444 e. The molecule has 0 bridgehead atoms. The summed E-state index contributed by atoms with van der Waals surface area (Å²) in [5.41, 5.74) is 2.11. The van der Waals surface area contributed by atoms with Crippen molar-refractivity contribution in [3.8, 4) is 0 Å². The van der Waals surface area contributed by atoms with Gasteiger partial charge in [0, 0.05) is 35.2 Å². The van der Waals surface area contributed by atoms with E-state index in [4.69, 9.17) is 4.74 Å². The number of pyridine rings is 1. The SMILES string of the molecule is CNC(=O)c1nn2c(c1C1(c3ncccc3Br)CC1)CN(C(=O)OC(C)(C)C)CC2. The van der Waals surface area contributed by atoms with E-state index in [1.54, 1.807) is 18.1 Å². The van der Waals surface area contributed by atoms with Gasteiger partial charge in [-0.2, -0.15) is 5.10 Å². The number of carbonyl (C=O) groups is 2. The number of nitrogens with one attached hydrogen (secondary N) is 1. The summed E-state index contributed by atoms with van der Waals surface area (Å²) in [6.45, 7) is 6.90. The number of hydrogen-bond donors (Lipinski definition) is 1. The molecule has 30 heavy (non-hydrogen) atoms. The Morgan fingerprint density at radius 3 is 2.60 bits per heavy atom. The second-order valence-corrected chi connectivity index (χ2v) is 9.64. The van der Waals surface area contributed by atoms with E-state index in [-0.39, 0.29) is 17.4 Å². The molecule has 0 unspecified atom stereocenters. The predicted molar refractivity (Wildman–Crippen MR) is 114 cm³/mol. The second-order valence-electron chi connectivity index (χ2n) is 8.79. The molecule has 1 saturated carbocycles. The van der Waals surface area contributed by atoms with Gasteiger partial charge in [0.05, 0.1) is 24.5 Å². The maximum atomic E-state index is 12.7. The van der Waals surface area contributed by atoms with Crippen molar-refractivity contribution < 1.29 is 14.3 Å². The van der Waals surface area contributed by atoms with E-state index in [1.807, 2.05) is 37.6 Å². The van der Waals surface area contributed by atoms with Crippen molar-refractivity contribution in [2.24, 2.45) is 0 Å². The van der Waals surface area contributed by atoms with Gasteiger partial charge in [0.1, 0.15) is 5.60 Å². The van der Waals surface area contributed by atoms with Crippen molar-refractivity contribution >= 4 is 27.9 Å². The second kappa shape index (κ2) is 7.37. The van der Waals surface area contributed by atoms with E-state index in [0.29, 0.717) is 25.3 Å². The molecule has 0 saturated heterocycles. The fourth-order valence-corrected chi connectivity index (χ4v) is 4.68. The highest BCUT2D eigenvalue weighted by Crippen LogP contribution is 2.56. The third-order valence-electron chi connectivity index (χ3n) is 5.51. The first kappa shape index (κ1) is 20.8. The Morgan fingerprint density at radius 1 is 1.27 bits per heavy atom. The van der Waals surface area contributed by atoms with Gasteiger partial charge >= 0.3 is 6.09 Å². The number of nitrogens with zero attached hydrogens (tertiary/aromatic N) is 4.